The van der Waals surface area contributed by atoms with Crippen molar-refractivity contribution >= 4 is 21.7 Å². The first kappa shape index (κ1) is 32.5. The highest BCUT2D eigenvalue weighted by atomic mass is 16.5. The fourth-order valence-corrected chi connectivity index (χ4v) is 9.41. The Balaban J connectivity index is 1.10. The Morgan fingerprint density at radius 1 is 0.345 bits per heavy atom. The van der Waals surface area contributed by atoms with Crippen molar-refractivity contribution in [3.05, 3.63) is 222 Å². The molecule has 270 valence electrons. The molecule has 0 saturated carbocycles. The van der Waals surface area contributed by atoms with Crippen molar-refractivity contribution in [1.29, 1.82) is 0 Å². The fraction of sp³-hybridized carbons (Fsp3) is 0.0185. The fourth-order valence-electron chi connectivity index (χ4n) is 9.41. The van der Waals surface area contributed by atoms with Gasteiger partial charge in [0.1, 0.15) is 11.5 Å². The molecule has 4 heteroatoms. The maximum Gasteiger partial charge on any atom is 0.160 e. The Hall–Kier alpha value is -7.69. The molecule has 0 N–H and O–H groups in total. The van der Waals surface area contributed by atoms with Gasteiger partial charge in [0.2, 0.25) is 0 Å². The Bertz CT molecular complexity index is 3160. The van der Waals surface area contributed by atoms with Gasteiger partial charge in [-0.05, 0) is 64.0 Å². The summed E-state index contributed by atoms with van der Waals surface area (Å²) in [6, 6.07) is 70.6. The second-order valence-electron chi connectivity index (χ2n) is 15.1. The van der Waals surface area contributed by atoms with Crippen molar-refractivity contribution < 1.29 is 4.74 Å². The van der Waals surface area contributed by atoms with E-state index in [2.05, 4.69) is 164 Å². The van der Waals surface area contributed by atoms with E-state index in [4.69, 9.17) is 19.7 Å². The molecule has 0 bridgehead atoms. The van der Waals surface area contributed by atoms with Crippen LogP contribution >= 0.6 is 0 Å². The molecule has 10 aromatic rings. The zero-order valence-corrected chi connectivity index (χ0v) is 31.3. The van der Waals surface area contributed by atoms with Gasteiger partial charge in [-0.1, -0.05) is 164 Å². The van der Waals surface area contributed by atoms with Crippen molar-refractivity contribution in [2.45, 2.75) is 5.41 Å². The molecule has 12 rings (SSSR count). The summed E-state index contributed by atoms with van der Waals surface area (Å²) in [6.45, 7) is 0. The third-order valence-corrected chi connectivity index (χ3v) is 11.9. The number of fused-ring (bicyclic) bond motifs is 12. The zero-order chi connectivity index (χ0) is 38.2. The topological polar surface area (TPSA) is 47.9 Å². The van der Waals surface area contributed by atoms with Gasteiger partial charge in [-0.3, -0.25) is 0 Å². The Morgan fingerprint density at radius 2 is 0.931 bits per heavy atom. The minimum atomic E-state index is -0.560. The quantitative estimate of drug-likeness (QED) is 0.169. The SMILES string of the molecule is c1ccc(-c2cc(-c3cccc(-c4nc5ccccc5c5cc6c(cc45)Oc4ccccc4C64c5ccccc5-c5ccccc54)c3)nc(-c3ccccc3)n2)cc1. The Kier molecular flexibility index (Phi) is 7.11. The van der Waals surface area contributed by atoms with Gasteiger partial charge in [0.25, 0.3) is 0 Å². The molecular weight excluding hydrogens is 707 g/mol. The predicted molar refractivity (Wildman–Crippen MR) is 234 cm³/mol. The molecule has 8 aromatic carbocycles. The van der Waals surface area contributed by atoms with E-state index in [-0.39, 0.29) is 0 Å². The predicted octanol–water partition coefficient (Wildman–Crippen LogP) is 13.3. The first-order chi connectivity index (χ1) is 28.7. The lowest BCUT2D eigenvalue weighted by Crippen LogP contribution is -2.32. The number of ether oxygens (including phenoxy) is 1. The molecule has 0 fully saturated rings. The summed E-state index contributed by atoms with van der Waals surface area (Å²) >= 11 is 0. The molecule has 1 spiro atoms. The van der Waals surface area contributed by atoms with E-state index >= 15 is 0 Å². The average molecular weight is 740 g/mol. The summed E-state index contributed by atoms with van der Waals surface area (Å²) in [5.41, 5.74) is 14.3. The number of nitrogens with zero attached hydrogens (tertiary/aromatic N) is 3. The lowest BCUT2D eigenvalue weighted by molar-refractivity contribution is 0.437. The molecule has 4 nitrogen and oxygen atoms in total. The molecule has 3 heterocycles. The van der Waals surface area contributed by atoms with E-state index in [1.807, 2.05) is 36.4 Å². The molecular formula is C54H33N3O. The Labute approximate surface area is 335 Å². The summed E-state index contributed by atoms with van der Waals surface area (Å²) in [6.07, 6.45) is 0. The third kappa shape index (κ3) is 4.79. The summed E-state index contributed by atoms with van der Waals surface area (Å²) < 4.78 is 6.96. The van der Waals surface area contributed by atoms with E-state index in [9.17, 15) is 0 Å². The summed E-state index contributed by atoms with van der Waals surface area (Å²) in [5.74, 6) is 2.39. The molecule has 1 aliphatic heterocycles. The maximum atomic E-state index is 6.96. The number of rotatable bonds is 4. The van der Waals surface area contributed by atoms with Crippen molar-refractivity contribution in [3.63, 3.8) is 0 Å². The van der Waals surface area contributed by atoms with Crippen molar-refractivity contribution in [2.75, 3.05) is 0 Å². The molecule has 0 radical (unpaired) electrons. The standard InChI is InChI=1S/C54H33N3O/c1-3-16-34(17-4-1)48-33-49(57-53(56-48)35-18-5-2-6-19-35)36-20-15-21-37(30-36)52-42-32-51-46(31-41(42)40-24-9-13-28-47(40)55-52)54(45-27-12-14-29-50(45)58-51)43-25-10-7-22-38(43)39-23-8-11-26-44(39)54/h1-33H. The Morgan fingerprint density at radius 3 is 1.69 bits per heavy atom. The van der Waals surface area contributed by atoms with Crippen LogP contribution in [0.1, 0.15) is 22.3 Å². The molecule has 0 unspecified atom stereocenters. The van der Waals surface area contributed by atoms with Crippen LogP contribution in [0.25, 0.3) is 78.0 Å². The second kappa shape index (κ2) is 12.7. The molecule has 0 saturated heterocycles. The maximum absolute atomic E-state index is 6.96. The molecule has 0 atom stereocenters. The number of pyridine rings is 1. The minimum absolute atomic E-state index is 0.560. The van der Waals surface area contributed by atoms with Crippen LogP contribution < -0.4 is 4.74 Å². The number of aromatic nitrogens is 3. The van der Waals surface area contributed by atoms with Gasteiger partial charge in [-0.2, -0.15) is 0 Å². The van der Waals surface area contributed by atoms with Gasteiger partial charge >= 0.3 is 0 Å². The number of benzene rings is 8. The van der Waals surface area contributed by atoms with E-state index in [0.29, 0.717) is 5.82 Å². The van der Waals surface area contributed by atoms with Crippen LogP contribution in [0.15, 0.2) is 200 Å². The van der Waals surface area contributed by atoms with E-state index in [0.717, 1.165) is 83.6 Å². The van der Waals surface area contributed by atoms with Gasteiger partial charge in [-0.25, -0.2) is 15.0 Å². The summed E-state index contributed by atoms with van der Waals surface area (Å²) in [4.78, 5) is 15.6. The summed E-state index contributed by atoms with van der Waals surface area (Å²) in [7, 11) is 0. The first-order valence-electron chi connectivity index (χ1n) is 19.7. The van der Waals surface area contributed by atoms with Crippen molar-refractivity contribution in [2.24, 2.45) is 0 Å². The lowest BCUT2D eigenvalue weighted by Gasteiger charge is -2.39. The zero-order valence-electron chi connectivity index (χ0n) is 31.3. The van der Waals surface area contributed by atoms with E-state index in [1.165, 1.54) is 22.3 Å². The van der Waals surface area contributed by atoms with Gasteiger partial charge < -0.3 is 4.74 Å². The number of para-hydroxylation sites is 2. The molecule has 2 aliphatic rings. The molecule has 58 heavy (non-hydrogen) atoms. The highest BCUT2D eigenvalue weighted by molar-refractivity contribution is 6.12. The van der Waals surface area contributed by atoms with E-state index < -0.39 is 5.41 Å². The monoisotopic (exact) mass is 739 g/mol. The highest BCUT2D eigenvalue weighted by Gasteiger charge is 2.51. The summed E-state index contributed by atoms with van der Waals surface area (Å²) in [5, 5.41) is 3.26. The number of hydrogen-bond acceptors (Lipinski definition) is 4. The third-order valence-electron chi connectivity index (χ3n) is 11.9. The lowest BCUT2D eigenvalue weighted by atomic mass is 9.65. The first-order valence-corrected chi connectivity index (χ1v) is 19.7. The molecule has 2 aromatic heterocycles. The normalized spacial score (nSPS) is 13.1. The van der Waals surface area contributed by atoms with Gasteiger partial charge in [0, 0.05) is 44.2 Å². The van der Waals surface area contributed by atoms with Crippen LogP contribution in [-0.2, 0) is 5.41 Å². The van der Waals surface area contributed by atoms with Crippen LogP contribution in [0.4, 0.5) is 0 Å². The highest BCUT2D eigenvalue weighted by Crippen LogP contribution is 2.62. The van der Waals surface area contributed by atoms with Crippen molar-refractivity contribution in [1.82, 2.24) is 15.0 Å². The van der Waals surface area contributed by atoms with E-state index in [1.54, 1.807) is 0 Å². The molecule has 0 amide bonds. The smallest absolute Gasteiger partial charge is 0.160 e. The second-order valence-corrected chi connectivity index (χ2v) is 15.1. The van der Waals surface area contributed by atoms with Gasteiger partial charge in [-0.15, -0.1) is 0 Å². The number of hydrogen-bond donors (Lipinski definition) is 0. The van der Waals surface area contributed by atoms with Crippen LogP contribution in [0.2, 0.25) is 0 Å². The average Bonchev–Trinajstić information content (AvgIpc) is 3.59. The van der Waals surface area contributed by atoms with Crippen LogP contribution in [0, 0.1) is 0 Å². The van der Waals surface area contributed by atoms with Gasteiger partial charge in [0.15, 0.2) is 5.82 Å². The van der Waals surface area contributed by atoms with Crippen molar-refractivity contribution in [3.8, 4) is 67.8 Å². The van der Waals surface area contributed by atoms with Crippen LogP contribution in [0.3, 0.4) is 0 Å². The van der Waals surface area contributed by atoms with Crippen LogP contribution in [0.5, 0.6) is 11.5 Å². The van der Waals surface area contributed by atoms with Gasteiger partial charge in [0.05, 0.1) is 28.0 Å². The molecule has 1 aliphatic carbocycles. The van der Waals surface area contributed by atoms with Crippen LogP contribution in [-0.4, -0.2) is 15.0 Å². The largest absolute Gasteiger partial charge is 0.457 e. The minimum Gasteiger partial charge on any atom is -0.457 e.